The van der Waals surface area contributed by atoms with Crippen LogP contribution in [0.4, 0.5) is 4.79 Å². The second-order valence-corrected chi connectivity index (χ2v) is 8.29. The van der Waals surface area contributed by atoms with Crippen LogP contribution < -0.4 is 5.73 Å². The molecule has 4 amide bonds. The number of hydrogen-bond acceptors (Lipinski definition) is 4. The van der Waals surface area contributed by atoms with Gasteiger partial charge in [0.05, 0.1) is 0 Å². The van der Waals surface area contributed by atoms with Crippen molar-refractivity contribution in [3.63, 3.8) is 0 Å². The average Bonchev–Trinajstić information content (AvgIpc) is 3.10. The van der Waals surface area contributed by atoms with Gasteiger partial charge in [-0.1, -0.05) is 42.5 Å². The first-order valence-corrected chi connectivity index (χ1v) is 11.0. The molecule has 4 rings (SSSR count). The van der Waals surface area contributed by atoms with Crippen LogP contribution in [0, 0.1) is 6.92 Å². The van der Waals surface area contributed by atoms with Gasteiger partial charge in [-0.3, -0.25) is 9.59 Å². The summed E-state index contributed by atoms with van der Waals surface area (Å²) >= 11 is 0. The molecule has 0 saturated carbocycles. The lowest BCUT2D eigenvalue weighted by atomic mass is 9.97. The normalized spacial score (nSPS) is 18.4. The van der Waals surface area contributed by atoms with Gasteiger partial charge in [0, 0.05) is 38.7 Å². The van der Waals surface area contributed by atoms with Crippen LogP contribution in [-0.4, -0.2) is 58.7 Å². The van der Waals surface area contributed by atoms with E-state index in [4.69, 9.17) is 10.5 Å². The molecule has 1 fully saturated rings. The second kappa shape index (κ2) is 9.36. The van der Waals surface area contributed by atoms with E-state index >= 15 is 0 Å². The molecule has 1 saturated heterocycles. The highest BCUT2D eigenvalue weighted by atomic mass is 16.5. The highest BCUT2D eigenvalue weighted by Gasteiger charge is 2.39. The lowest BCUT2D eigenvalue weighted by Gasteiger charge is -2.27. The molecule has 8 nitrogen and oxygen atoms in total. The van der Waals surface area contributed by atoms with Gasteiger partial charge in [-0.05, 0) is 36.1 Å². The Kier molecular flexibility index (Phi) is 6.35. The van der Waals surface area contributed by atoms with Gasteiger partial charge >= 0.3 is 6.03 Å². The van der Waals surface area contributed by atoms with Crippen LogP contribution in [0.2, 0.25) is 0 Å². The van der Waals surface area contributed by atoms with E-state index in [0.29, 0.717) is 32.6 Å². The quantitative estimate of drug-likeness (QED) is 0.781. The Morgan fingerprint density at radius 3 is 2.36 bits per heavy atom. The number of amides is 4. The SMILES string of the molecule is CC(=O)N1CCCN(C(=O)C2=COC(c3ccc(C)c(-c4ccccc4)c3)N2C(N)=O)CC1. The zero-order valence-electron chi connectivity index (χ0n) is 18.9. The molecule has 0 aromatic heterocycles. The lowest BCUT2D eigenvalue weighted by molar-refractivity contribution is -0.131. The summed E-state index contributed by atoms with van der Waals surface area (Å²) < 4.78 is 5.81. The maximum atomic E-state index is 13.3. The third-order valence-corrected chi connectivity index (χ3v) is 6.12. The molecule has 2 aromatic carbocycles. The van der Waals surface area contributed by atoms with Gasteiger partial charge in [-0.15, -0.1) is 0 Å². The number of hydrogen-bond donors (Lipinski definition) is 1. The Morgan fingerprint density at radius 1 is 0.970 bits per heavy atom. The van der Waals surface area contributed by atoms with E-state index in [-0.39, 0.29) is 17.5 Å². The fourth-order valence-corrected chi connectivity index (χ4v) is 4.31. The minimum Gasteiger partial charge on any atom is -0.471 e. The molecule has 2 aromatic rings. The van der Waals surface area contributed by atoms with Gasteiger partial charge < -0.3 is 20.3 Å². The monoisotopic (exact) mass is 448 g/mol. The van der Waals surface area contributed by atoms with Crippen molar-refractivity contribution < 1.29 is 19.1 Å². The van der Waals surface area contributed by atoms with Crippen molar-refractivity contribution in [2.45, 2.75) is 26.5 Å². The highest BCUT2D eigenvalue weighted by molar-refractivity contribution is 5.97. The van der Waals surface area contributed by atoms with Crippen LogP contribution in [0.5, 0.6) is 0 Å². The zero-order chi connectivity index (χ0) is 23.5. The summed E-state index contributed by atoms with van der Waals surface area (Å²) in [6, 6.07) is 15.0. The van der Waals surface area contributed by atoms with Crippen LogP contribution in [0.1, 0.15) is 30.7 Å². The number of carbonyl (C=O) groups excluding carboxylic acids is 3. The largest absolute Gasteiger partial charge is 0.471 e. The number of nitrogens with two attached hydrogens (primary N) is 1. The van der Waals surface area contributed by atoms with Crippen LogP contribution in [0.25, 0.3) is 11.1 Å². The summed E-state index contributed by atoms with van der Waals surface area (Å²) in [6.07, 6.45) is 1.15. The van der Waals surface area contributed by atoms with Gasteiger partial charge in [0.1, 0.15) is 12.0 Å². The number of rotatable bonds is 3. The third kappa shape index (κ3) is 4.55. The predicted octanol–water partition coefficient (Wildman–Crippen LogP) is 2.99. The summed E-state index contributed by atoms with van der Waals surface area (Å²) in [7, 11) is 0. The Labute approximate surface area is 193 Å². The van der Waals surface area contributed by atoms with Crippen molar-refractivity contribution in [2.75, 3.05) is 26.2 Å². The van der Waals surface area contributed by atoms with Crippen LogP contribution >= 0.6 is 0 Å². The zero-order valence-corrected chi connectivity index (χ0v) is 18.9. The molecule has 2 aliphatic heterocycles. The number of aryl methyl sites for hydroxylation is 1. The van der Waals surface area contributed by atoms with Gasteiger partial charge in [-0.25, -0.2) is 9.69 Å². The topological polar surface area (TPSA) is 96.2 Å². The van der Waals surface area contributed by atoms with Crippen molar-refractivity contribution in [2.24, 2.45) is 5.73 Å². The molecule has 1 atom stereocenters. The summed E-state index contributed by atoms with van der Waals surface area (Å²) in [6.45, 7) is 5.46. The Balaban J connectivity index is 1.58. The van der Waals surface area contributed by atoms with Gasteiger partial charge in [-0.2, -0.15) is 0 Å². The van der Waals surface area contributed by atoms with Gasteiger partial charge in [0.15, 0.2) is 0 Å². The van der Waals surface area contributed by atoms with E-state index in [2.05, 4.69) is 0 Å². The highest BCUT2D eigenvalue weighted by Crippen LogP contribution is 2.35. The van der Waals surface area contributed by atoms with E-state index in [0.717, 1.165) is 22.3 Å². The molecular formula is C25H28N4O4. The number of urea groups is 1. The summed E-state index contributed by atoms with van der Waals surface area (Å²) in [5, 5.41) is 0. The number of benzene rings is 2. The standard InChI is InChI=1S/C25H28N4O4/c1-17-9-10-20(15-21(17)19-7-4-3-5-8-19)24-29(25(26)32)22(16-33-24)23(31)28-12-6-11-27(13-14-28)18(2)30/h3-5,7-10,15-16,24H,6,11-14H2,1-2H3,(H2,26,32). The van der Waals surface area contributed by atoms with E-state index in [1.165, 1.54) is 18.1 Å². The summed E-state index contributed by atoms with van der Waals surface area (Å²) in [5.74, 6) is -0.350. The van der Waals surface area contributed by atoms with Crippen LogP contribution in [-0.2, 0) is 14.3 Å². The average molecular weight is 449 g/mol. The second-order valence-electron chi connectivity index (χ2n) is 8.29. The van der Waals surface area contributed by atoms with Crippen LogP contribution in [0.3, 0.4) is 0 Å². The van der Waals surface area contributed by atoms with Crippen molar-refractivity contribution in [3.05, 3.63) is 71.6 Å². The van der Waals surface area contributed by atoms with E-state index in [1.54, 1.807) is 9.80 Å². The first kappa shape index (κ1) is 22.4. The smallest absolute Gasteiger partial charge is 0.322 e. The molecule has 2 N–H and O–H groups in total. The minimum atomic E-state index is -0.829. The molecule has 0 aliphatic carbocycles. The van der Waals surface area contributed by atoms with E-state index in [1.807, 2.05) is 55.5 Å². The molecule has 172 valence electrons. The molecule has 8 heteroatoms. The van der Waals surface area contributed by atoms with Crippen molar-refractivity contribution in [3.8, 4) is 11.1 Å². The number of primary amides is 1. The first-order valence-electron chi connectivity index (χ1n) is 11.0. The first-order chi connectivity index (χ1) is 15.9. The van der Waals surface area contributed by atoms with Crippen molar-refractivity contribution in [1.29, 1.82) is 0 Å². The van der Waals surface area contributed by atoms with E-state index in [9.17, 15) is 14.4 Å². The summed E-state index contributed by atoms with van der Waals surface area (Å²) in [5.41, 5.74) is 9.66. The lowest BCUT2D eigenvalue weighted by Crippen LogP contribution is -2.43. The Morgan fingerprint density at radius 2 is 1.67 bits per heavy atom. The minimum absolute atomic E-state index is 0.0138. The molecule has 33 heavy (non-hydrogen) atoms. The molecular weight excluding hydrogens is 420 g/mol. The Bertz CT molecular complexity index is 1100. The number of carbonyl (C=O) groups is 3. The third-order valence-electron chi connectivity index (χ3n) is 6.12. The fraction of sp³-hybridized carbons (Fsp3) is 0.320. The predicted molar refractivity (Wildman–Crippen MR) is 123 cm³/mol. The Hall–Kier alpha value is -3.81. The molecule has 0 bridgehead atoms. The van der Waals surface area contributed by atoms with Crippen molar-refractivity contribution >= 4 is 17.8 Å². The molecule has 2 heterocycles. The molecule has 0 radical (unpaired) electrons. The maximum Gasteiger partial charge on any atom is 0.322 e. The fourth-order valence-electron chi connectivity index (χ4n) is 4.31. The van der Waals surface area contributed by atoms with E-state index < -0.39 is 12.3 Å². The van der Waals surface area contributed by atoms with Gasteiger partial charge in [0.2, 0.25) is 12.1 Å². The molecule has 0 spiro atoms. The van der Waals surface area contributed by atoms with Crippen molar-refractivity contribution in [1.82, 2.24) is 14.7 Å². The molecule has 1 unspecified atom stereocenters. The van der Waals surface area contributed by atoms with Gasteiger partial charge in [0.25, 0.3) is 5.91 Å². The maximum absolute atomic E-state index is 13.3. The number of ether oxygens (including phenoxy) is 1. The molecule has 2 aliphatic rings. The van der Waals surface area contributed by atoms with Crippen LogP contribution in [0.15, 0.2) is 60.5 Å². The number of nitrogens with zero attached hydrogens (tertiary/aromatic N) is 3. The summed E-state index contributed by atoms with van der Waals surface area (Å²) in [4.78, 5) is 42.0.